The van der Waals surface area contributed by atoms with E-state index in [-0.39, 0.29) is 5.91 Å². The van der Waals surface area contributed by atoms with Crippen LogP contribution in [0.2, 0.25) is 0 Å². The summed E-state index contributed by atoms with van der Waals surface area (Å²) in [5.74, 6) is 0.522. The summed E-state index contributed by atoms with van der Waals surface area (Å²) >= 11 is 0. The summed E-state index contributed by atoms with van der Waals surface area (Å²) in [5, 5.41) is 15.0. The first-order valence-electron chi connectivity index (χ1n) is 8.01. The molecule has 0 fully saturated rings. The van der Waals surface area contributed by atoms with Crippen LogP contribution in [-0.4, -0.2) is 35.7 Å². The second-order valence-corrected chi connectivity index (χ2v) is 5.92. The lowest BCUT2D eigenvalue weighted by Crippen LogP contribution is -2.14. The SMILES string of the molecule is Cc1nc2ncnn2c(C)c1CCC(=O)Nc1cccc2cn[nH]c12. The average Bonchev–Trinajstić information content (AvgIpc) is 3.23. The van der Waals surface area contributed by atoms with E-state index in [9.17, 15) is 4.79 Å². The van der Waals surface area contributed by atoms with Crippen molar-refractivity contribution in [1.29, 1.82) is 0 Å². The Morgan fingerprint density at radius 1 is 1.32 bits per heavy atom. The summed E-state index contributed by atoms with van der Waals surface area (Å²) in [4.78, 5) is 20.9. The van der Waals surface area contributed by atoms with E-state index in [1.54, 1.807) is 10.7 Å². The molecule has 0 radical (unpaired) electrons. The number of para-hydroxylation sites is 1. The maximum atomic E-state index is 12.4. The van der Waals surface area contributed by atoms with Crippen molar-refractivity contribution in [3.8, 4) is 0 Å². The number of benzene rings is 1. The van der Waals surface area contributed by atoms with E-state index < -0.39 is 0 Å². The number of nitrogens with zero attached hydrogens (tertiary/aromatic N) is 5. The van der Waals surface area contributed by atoms with E-state index in [2.05, 4.69) is 30.6 Å². The number of hydrogen-bond acceptors (Lipinski definition) is 5. The second-order valence-electron chi connectivity index (χ2n) is 5.92. The predicted molar refractivity (Wildman–Crippen MR) is 93.3 cm³/mol. The first-order valence-corrected chi connectivity index (χ1v) is 8.01. The van der Waals surface area contributed by atoms with Gasteiger partial charge in [-0.05, 0) is 31.9 Å². The van der Waals surface area contributed by atoms with E-state index in [0.717, 1.165) is 33.5 Å². The zero-order chi connectivity index (χ0) is 17.4. The highest BCUT2D eigenvalue weighted by Crippen LogP contribution is 2.21. The van der Waals surface area contributed by atoms with Crippen molar-refractivity contribution in [2.75, 3.05) is 5.32 Å². The molecule has 4 rings (SSSR count). The van der Waals surface area contributed by atoms with Crippen LogP contribution in [0.1, 0.15) is 23.4 Å². The van der Waals surface area contributed by atoms with Crippen LogP contribution in [0.15, 0.2) is 30.7 Å². The van der Waals surface area contributed by atoms with Gasteiger partial charge in [0.15, 0.2) is 0 Å². The molecule has 0 bridgehead atoms. The first kappa shape index (κ1) is 15.3. The third-order valence-electron chi connectivity index (χ3n) is 4.34. The quantitative estimate of drug-likeness (QED) is 0.595. The number of aryl methyl sites for hydroxylation is 2. The smallest absolute Gasteiger partial charge is 0.252 e. The molecule has 0 aliphatic carbocycles. The molecule has 126 valence electrons. The third kappa shape index (κ3) is 2.71. The fourth-order valence-electron chi connectivity index (χ4n) is 3.04. The molecule has 25 heavy (non-hydrogen) atoms. The van der Waals surface area contributed by atoms with Crippen molar-refractivity contribution in [3.63, 3.8) is 0 Å². The predicted octanol–water partition coefficient (Wildman–Crippen LogP) is 2.19. The van der Waals surface area contributed by atoms with Crippen molar-refractivity contribution in [2.24, 2.45) is 0 Å². The summed E-state index contributed by atoms with van der Waals surface area (Å²) in [7, 11) is 0. The summed E-state index contributed by atoms with van der Waals surface area (Å²) in [6.45, 7) is 3.90. The lowest BCUT2D eigenvalue weighted by atomic mass is 10.1. The first-order chi connectivity index (χ1) is 12.1. The number of H-pyrrole nitrogens is 1. The average molecular weight is 335 g/mol. The molecule has 0 atom stereocenters. The zero-order valence-electron chi connectivity index (χ0n) is 13.9. The molecule has 8 nitrogen and oxygen atoms in total. The Hall–Kier alpha value is -3.29. The fourth-order valence-corrected chi connectivity index (χ4v) is 3.04. The van der Waals surface area contributed by atoms with Gasteiger partial charge in [-0.25, -0.2) is 9.50 Å². The number of anilines is 1. The van der Waals surface area contributed by atoms with Crippen LogP contribution in [0.5, 0.6) is 0 Å². The van der Waals surface area contributed by atoms with Gasteiger partial charge >= 0.3 is 0 Å². The number of carbonyl (C=O) groups is 1. The van der Waals surface area contributed by atoms with Crippen LogP contribution in [0, 0.1) is 13.8 Å². The van der Waals surface area contributed by atoms with Gasteiger partial charge in [0.1, 0.15) is 6.33 Å². The van der Waals surface area contributed by atoms with Crippen LogP contribution < -0.4 is 5.32 Å². The van der Waals surface area contributed by atoms with Crippen LogP contribution in [0.4, 0.5) is 5.69 Å². The molecule has 4 aromatic rings. The molecule has 0 aliphatic heterocycles. The minimum atomic E-state index is -0.0559. The van der Waals surface area contributed by atoms with E-state index in [4.69, 9.17) is 0 Å². The van der Waals surface area contributed by atoms with Crippen molar-refractivity contribution < 1.29 is 4.79 Å². The largest absolute Gasteiger partial charge is 0.324 e. The Morgan fingerprint density at radius 3 is 3.08 bits per heavy atom. The highest BCUT2D eigenvalue weighted by Gasteiger charge is 2.13. The number of carbonyl (C=O) groups excluding carboxylic acids is 1. The monoisotopic (exact) mass is 335 g/mol. The Bertz CT molecular complexity index is 1080. The maximum absolute atomic E-state index is 12.4. The van der Waals surface area contributed by atoms with Crippen LogP contribution in [0.25, 0.3) is 16.7 Å². The van der Waals surface area contributed by atoms with Crippen molar-refractivity contribution in [3.05, 3.63) is 47.7 Å². The minimum absolute atomic E-state index is 0.0559. The number of amides is 1. The van der Waals surface area contributed by atoms with E-state index in [1.807, 2.05) is 32.0 Å². The zero-order valence-corrected chi connectivity index (χ0v) is 13.9. The number of nitrogens with one attached hydrogen (secondary N) is 2. The molecule has 0 spiro atoms. The van der Waals surface area contributed by atoms with Crippen LogP contribution >= 0.6 is 0 Å². The summed E-state index contributed by atoms with van der Waals surface area (Å²) in [5.41, 5.74) is 4.42. The molecule has 0 unspecified atom stereocenters. The van der Waals surface area contributed by atoms with Crippen molar-refractivity contribution >= 4 is 28.3 Å². The Labute approximate surface area is 143 Å². The van der Waals surface area contributed by atoms with Crippen molar-refractivity contribution in [1.82, 2.24) is 29.8 Å². The molecule has 3 aromatic heterocycles. The van der Waals surface area contributed by atoms with E-state index in [0.29, 0.717) is 18.6 Å². The van der Waals surface area contributed by atoms with Gasteiger partial charge in [-0.15, -0.1) is 0 Å². The molecule has 0 saturated carbocycles. The van der Waals surface area contributed by atoms with Crippen molar-refractivity contribution in [2.45, 2.75) is 26.7 Å². The fraction of sp³-hybridized carbons (Fsp3) is 0.235. The number of aromatic amines is 1. The Kier molecular flexibility index (Phi) is 3.64. The molecule has 1 aromatic carbocycles. The van der Waals surface area contributed by atoms with Gasteiger partial charge in [0, 0.05) is 23.2 Å². The normalized spacial score (nSPS) is 11.3. The molecular formula is C17H17N7O. The van der Waals surface area contributed by atoms with Crippen LogP contribution in [-0.2, 0) is 11.2 Å². The Morgan fingerprint density at radius 2 is 2.20 bits per heavy atom. The standard InChI is InChI=1S/C17H17N7O/c1-10-13(11(2)24-17(21-10)18-9-20-24)6-7-15(25)22-14-5-3-4-12-8-19-23-16(12)14/h3-5,8-9H,6-7H2,1-2H3,(H,19,23)(H,22,25). The van der Waals surface area contributed by atoms with Gasteiger partial charge in [-0.2, -0.15) is 15.2 Å². The number of fused-ring (bicyclic) bond motifs is 2. The van der Waals surface area contributed by atoms with E-state index >= 15 is 0 Å². The maximum Gasteiger partial charge on any atom is 0.252 e. The highest BCUT2D eigenvalue weighted by atomic mass is 16.1. The molecule has 0 aliphatic rings. The molecule has 8 heteroatoms. The van der Waals surface area contributed by atoms with Crippen LogP contribution in [0.3, 0.4) is 0 Å². The second kappa shape index (κ2) is 5.97. The summed E-state index contributed by atoms with van der Waals surface area (Å²) in [6, 6.07) is 5.70. The van der Waals surface area contributed by atoms with Gasteiger partial charge in [0.05, 0.1) is 17.4 Å². The van der Waals surface area contributed by atoms with Gasteiger partial charge in [0.25, 0.3) is 5.78 Å². The molecular weight excluding hydrogens is 318 g/mol. The Balaban J connectivity index is 1.52. The molecule has 0 saturated heterocycles. The summed E-state index contributed by atoms with van der Waals surface area (Å²) < 4.78 is 1.70. The molecule has 3 heterocycles. The van der Waals surface area contributed by atoms with Gasteiger partial charge < -0.3 is 5.32 Å². The number of rotatable bonds is 4. The molecule has 1 amide bonds. The number of aromatic nitrogens is 6. The highest BCUT2D eigenvalue weighted by molar-refractivity contribution is 6.00. The summed E-state index contributed by atoms with van der Waals surface area (Å²) in [6.07, 6.45) is 4.16. The lowest BCUT2D eigenvalue weighted by molar-refractivity contribution is -0.116. The van der Waals surface area contributed by atoms with Gasteiger partial charge in [-0.3, -0.25) is 9.89 Å². The topological polar surface area (TPSA) is 101 Å². The minimum Gasteiger partial charge on any atom is -0.324 e. The molecule has 2 N–H and O–H groups in total. The third-order valence-corrected chi connectivity index (χ3v) is 4.34. The van der Waals surface area contributed by atoms with E-state index in [1.165, 1.54) is 6.33 Å². The van der Waals surface area contributed by atoms with Gasteiger partial charge in [0.2, 0.25) is 5.91 Å². The van der Waals surface area contributed by atoms with Gasteiger partial charge in [-0.1, -0.05) is 12.1 Å². The number of hydrogen-bond donors (Lipinski definition) is 2. The lowest BCUT2D eigenvalue weighted by Gasteiger charge is -2.11.